The Morgan fingerprint density at radius 2 is 0.714 bits per heavy atom. The first-order valence-corrected chi connectivity index (χ1v) is 32.2. The van der Waals surface area contributed by atoms with E-state index in [1.165, 1.54) is 89.9 Å². The van der Waals surface area contributed by atoms with Gasteiger partial charge in [-0.3, -0.25) is 18.6 Å². The zero-order valence-electron chi connectivity index (χ0n) is 48.9. The minimum absolute atomic E-state index is 0.0443. The molecule has 2 atom stereocenters. The Bertz CT molecular complexity index is 1720. The second-order valence-corrected chi connectivity index (χ2v) is 21.3. The molecule has 10 heteroatoms. The molecule has 2 unspecified atom stereocenters. The van der Waals surface area contributed by atoms with Gasteiger partial charge in [0, 0.05) is 19.4 Å². The van der Waals surface area contributed by atoms with Crippen LogP contribution in [-0.2, 0) is 32.7 Å². The van der Waals surface area contributed by atoms with Crippen LogP contribution in [0.2, 0.25) is 0 Å². The summed E-state index contributed by atoms with van der Waals surface area (Å²) in [6.45, 7) is 3.60. The summed E-state index contributed by atoms with van der Waals surface area (Å²) >= 11 is 0. The highest BCUT2D eigenvalue weighted by atomic mass is 31.2. The average Bonchev–Trinajstić information content (AvgIpc) is 3.42. The van der Waals surface area contributed by atoms with Gasteiger partial charge in [-0.1, -0.05) is 250 Å². The van der Waals surface area contributed by atoms with Crippen molar-refractivity contribution < 1.29 is 37.6 Å². The molecule has 0 aliphatic rings. The first-order chi connectivity index (χ1) is 37.8. The molecular formula is C67H112NO8P. The minimum atomic E-state index is -4.40. The second-order valence-electron chi connectivity index (χ2n) is 19.8. The van der Waals surface area contributed by atoms with Crippen LogP contribution in [0, 0.1) is 0 Å². The van der Waals surface area contributed by atoms with Crippen molar-refractivity contribution in [2.75, 3.05) is 26.4 Å². The van der Waals surface area contributed by atoms with Gasteiger partial charge in [0.1, 0.15) is 6.61 Å². The van der Waals surface area contributed by atoms with Crippen molar-refractivity contribution in [3.8, 4) is 0 Å². The average molecular weight is 1090 g/mol. The molecular weight excluding hydrogens is 978 g/mol. The molecule has 0 fully saturated rings. The third-order valence-corrected chi connectivity index (χ3v) is 13.5. The van der Waals surface area contributed by atoms with E-state index in [1.807, 2.05) is 0 Å². The van der Waals surface area contributed by atoms with Crippen LogP contribution in [0.4, 0.5) is 0 Å². The predicted octanol–water partition coefficient (Wildman–Crippen LogP) is 19.7. The molecule has 0 saturated carbocycles. The van der Waals surface area contributed by atoms with Crippen LogP contribution in [0.25, 0.3) is 0 Å². The molecule has 0 aromatic heterocycles. The van der Waals surface area contributed by atoms with Crippen LogP contribution >= 0.6 is 7.82 Å². The molecule has 0 aliphatic carbocycles. The van der Waals surface area contributed by atoms with Crippen molar-refractivity contribution in [2.45, 2.75) is 251 Å². The van der Waals surface area contributed by atoms with Crippen molar-refractivity contribution in [1.29, 1.82) is 0 Å². The highest BCUT2D eigenvalue weighted by Gasteiger charge is 2.26. The molecule has 0 aromatic carbocycles. The summed E-state index contributed by atoms with van der Waals surface area (Å²) in [7, 11) is -4.40. The summed E-state index contributed by atoms with van der Waals surface area (Å²) in [5.41, 5.74) is 5.38. The number of carbonyl (C=O) groups excluding carboxylic acids is 2. The third kappa shape index (κ3) is 61.2. The smallest absolute Gasteiger partial charge is 0.462 e. The van der Waals surface area contributed by atoms with Gasteiger partial charge in [0.25, 0.3) is 0 Å². The number of carbonyl (C=O) groups is 2. The van der Waals surface area contributed by atoms with Crippen molar-refractivity contribution in [1.82, 2.24) is 0 Å². The maximum Gasteiger partial charge on any atom is 0.472 e. The summed E-state index contributed by atoms with van der Waals surface area (Å²) in [5, 5.41) is 0. The van der Waals surface area contributed by atoms with Crippen molar-refractivity contribution >= 4 is 19.8 Å². The van der Waals surface area contributed by atoms with E-state index in [2.05, 4.69) is 148 Å². The van der Waals surface area contributed by atoms with E-state index in [1.54, 1.807) is 0 Å². The van der Waals surface area contributed by atoms with E-state index >= 15 is 0 Å². The molecule has 0 radical (unpaired) electrons. The Labute approximate surface area is 472 Å². The molecule has 438 valence electrons. The zero-order chi connectivity index (χ0) is 55.9. The number of hydrogen-bond donors (Lipinski definition) is 2. The minimum Gasteiger partial charge on any atom is -0.462 e. The maximum atomic E-state index is 12.7. The molecule has 0 rings (SSSR count). The van der Waals surface area contributed by atoms with Crippen molar-refractivity contribution in [3.63, 3.8) is 0 Å². The number of unbranched alkanes of at least 4 members (excludes halogenated alkanes) is 21. The SMILES string of the molecule is CC/C=C\C/C=C\C/C=C\C/C=C\C/C=C\C/C=C\C/C=C\C/C=C\C/C=C\C/C=C\CCCCCCCCC(=O)OC(COC(=O)CCCCCCCCCCC/C=C\CCCCCCCC)COP(=O)(O)OCCN. The second kappa shape index (κ2) is 61.4. The molecule has 9 nitrogen and oxygen atoms in total. The number of phosphoric acid groups is 1. The fourth-order valence-corrected chi connectivity index (χ4v) is 8.78. The molecule has 3 N–H and O–H groups in total. The third-order valence-electron chi connectivity index (χ3n) is 12.5. The normalized spacial score (nSPS) is 14.0. The number of allylic oxidation sites excluding steroid dienone is 22. The Balaban J connectivity index is 4.04. The number of esters is 2. The van der Waals surface area contributed by atoms with Crippen LogP contribution in [0.5, 0.6) is 0 Å². The molecule has 0 aromatic rings. The molecule has 0 amide bonds. The standard InChI is InChI=1S/C67H112NO8P/c1-3-5-7-9-11-13-15-17-19-21-23-24-25-26-27-28-29-30-31-32-33-34-35-36-37-38-39-40-42-44-46-48-50-52-54-56-58-60-67(70)76-65(64-75-77(71,72)74-62-61-68)63-73-66(69)59-57-55-53-51-49-47-45-43-41-22-20-18-16-14-12-10-8-6-4-2/h5,7,11,13,17-20,23-24,26-27,29-30,32-33,35-36,38-39,42,44,65H,3-4,6,8-10,12,14-16,21-22,25,28,31,34,37,40-41,43,45-64,68H2,1-2H3,(H,71,72)/b7-5-,13-11-,19-17-,20-18-,24-23-,27-26-,30-29-,33-32-,36-35-,39-38-,44-42-. The lowest BCUT2D eigenvalue weighted by molar-refractivity contribution is -0.161. The van der Waals surface area contributed by atoms with Crippen LogP contribution in [0.1, 0.15) is 245 Å². The van der Waals surface area contributed by atoms with Crippen LogP contribution in [0.3, 0.4) is 0 Å². The number of rotatable bonds is 56. The van der Waals surface area contributed by atoms with E-state index in [0.717, 1.165) is 122 Å². The fourth-order valence-electron chi connectivity index (χ4n) is 8.01. The molecule has 0 heterocycles. The van der Waals surface area contributed by atoms with E-state index in [9.17, 15) is 19.0 Å². The van der Waals surface area contributed by atoms with Gasteiger partial charge in [-0.05, 0) is 116 Å². The van der Waals surface area contributed by atoms with Crippen molar-refractivity contribution in [3.05, 3.63) is 134 Å². The molecule has 0 spiro atoms. The van der Waals surface area contributed by atoms with Gasteiger partial charge in [-0.15, -0.1) is 0 Å². The highest BCUT2D eigenvalue weighted by molar-refractivity contribution is 7.47. The van der Waals surface area contributed by atoms with E-state index in [0.29, 0.717) is 6.42 Å². The summed E-state index contributed by atoms with van der Waals surface area (Å²) in [4.78, 5) is 35.2. The summed E-state index contributed by atoms with van der Waals surface area (Å²) < 4.78 is 33.0. The van der Waals surface area contributed by atoms with Gasteiger partial charge in [-0.25, -0.2) is 4.57 Å². The quantitative estimate of drug-likeness (QED) is 0.0264. The Morgan fingerprint density at radius 1 is 0.403 bits per heavy atom. The summed E-state index contributed by atoms with van der Waals surface area (Å²) in [5.74, 6) is -0.852. The van der Waals surface area contributed by atoms with Crippen LogP contribution in [0.15, 0.2) is 134 Å². The van der Waals surface area contributed by atoms with Gasteiger partial charge in [0.05, 0.1) is 13.2 Å². The van der Waals surface area contributed by atoms with Gasteiger partial charge < -0.3 is 20.1 Å². The molecule has 0 aliphatic heterocycles. The Morgan fingerprint density at radius 3 is 1.08 bits per heavy atom. The lowest BCUT2D eigenvalue weighted by Crippen LogP contribution is -2.29. The zero-order valence-corrected chi connectivity index (χ0v) is 49.8. The van der Waals surface area contributed by atoms with Crippen molar-refractivity contribution in [2.24, 2.45) is 5.73 Å². The summed E-state index contributed by atoms with van der Waals surface area (Å²) in [6.07, 6.45) is 86.5. The maximum absolute atomic E-state index is 12.7. The van der Waals surface area contributed by atoms with Gasteiger partial charge >= 0.3 is 19.8 Å². The Hall–Kier alpha value is -3.85. The largest absolute Gasteiger partial charge is 0.472 e. The monoisotopic (exact) mass is 1090 g/mol. The number of nitrogens with two attached hydrogens (primary N) is 1. The van der Waals surface area contributed by atoms with E-state index in [4.69, 9.17) is 24.3 Å². The highest BCUT2D eigenvalue weighted by Crippen LogP contribution is 2.43. The molecule has 77 heavy (non-hydrogen) atoms. The van der Waals surface area contributed by atoms with E-state index in [-0.39, 0.29) is 32.6 Å². The first kappa shape index (κ1) is 73.2. The van der Waals surface area contributed by atoms with E-state index < -0.39 is 32.5 Å². The lowest BCUT2D eigenvalue weighted by atomic mass is 10.1. The number of phosphoric ester groups is 1. The predicted molar refractivity (Wildman–Crippen MR) is 330 cm³/mol. The van der Waals surface area contributed by atoms with Gasteiger partial charge in [0.15, 0.2) is 6.10 Å². The van der Waals surface area contributed by atoms with Gasteiger partial charge in [0.2, 0.25) is 0 Å². The van der Waals surface area contributed by atoms with Crippen LogP contribution < -0.4 is 5.73 Å². The van der Waals surface area contributed by atoms with Gasteiger partial charge in [-0.2, -0.15) is 0 Å². The first-order valence-electron chi connectivity index (χ1n) is 30.7. The lowest BCUT2D eigenvalue weighted by Gasteiger charge is -2.19. The number of ether oxygens (including phenoxy) is 2. The molecule has 0 saturated heterocycles. The summed E-state index contributed by atoms with van der Waals surface area (Å²) in [6, 6.07) is 0. The van der Waals surface area contributed by atoms with Crippen LogP contribution in [-0.4, -0.2) is 49.3 Å². The molecule has 0 bridgehead atoms. The Kier molecular flexibility index (Phi) is 58.3. The number of hydrogen-bond acceptors (Lipinski definition) is 8. The fraction of sp³-hybridized carbons (Fsp3) is 0.642. The topological polar surface area (TPSA) is 134 Å².